The summed E-state index contributed by atoms with van der Waals surface area (Å²) in [6.07, 6.45) is 7.79. The number of nitrogens with zero attached hydrogens (tertiary/aromatic N) is 2. The van der Waals surface area contributed by atoms with Gasteiger partial charge in [0.05, 0.1) is 5.69 Å². The molecule has 1 aliphatic carbocycles. The second-order valence-corrected chi connectivity index (χ2v) is 10.4. The molecular formula is C20H29IN2S. The fraction of sp³-hybridized carbons (Fsp3) is 0.650. The van der Waals surface area contributed by atoms with E-state index in [4.69, 9.17) is 4.99 Å². The molecule has 1 aromatic rings. The van der Waals surface area contributed by atoms with E-state index in [-0.39, 0.29) is 0 Å². The van der Waals surface area contributed by atoms with Crippen LogP contribution in [-0.4, -0.2) is 27.9 Å². The third-order valence-corrected chi connectivity index (χ3v) is 7.11. The predicted molar refractivity (Wildman–Crippen MR) is 115 cm³/mol. The number of aryl methyl sites for hydroxylation is 1. The molecule has 0 atom stereocenters. The molecule has 2 nitrogen and oxygen atoms in total. The third kappa shape index (κ3) is 4.29. The monoisotopic (exact) mass is 456 g/mol. The van der Waals surface area contributed by atoms with Crippen molar-refractivity contribution in [3.8, 4) is 0 Å². The molecule has 0 amide bonds. The normalized spacial score (nSPS) is 21.5. The highest BCUT2D eigenvalue weighted by Gasteiger charge is 2.44. The maximum absolute atomic E-state index is 5.17. The molecule has 24 heavy (non-hydrogen) atoms. The van der Waals surface area contributed by atoms with Crippen molar-refractivity contribution in [2.24, 2.45) is 10.9 Å². The first-order valence-electron chi connectivity index (χ1n) is 9.32. The Kier molecular flexibility index (Phi) is 6.17. The minimum Gasteiger partial charge on any atom is -0.350 e. The Balaban J connectivity index is 1.91. The van der Waals surface area contributed by atoms with Crippen molar-refractivity contribution in [3.05, 3.63) is 27.3 Å². The van der Waals surface area contributed by atoms with Gasteiger partial charge in [0.25, 0.3) is 0 Å². The van der Waals surface area contributed by atoms with E-state index in [1.807, 2.05) is 0 Å². The Hall–Kier alpha value is -0.230. The number of rotatable bonds is 5. The maximum Gasteiger partial charge on any atom is 0.165 e. The zero-order valence-electron chi connectivity index (χ0n) is 15.1. The summed E-state index contributed by atoms with van der Waals surface area (Å²) < 4.78 is 1.76. The molecule has 1 spiro atoms. The molecule has 0 radical (unpaired) electrons. The van der Waals surface area contributed by atoms with Crippen LogP contribution in [0.15, 0.2) is 23.2 Å². The largest absolute Gasteiger partial charge is 0.350 e. The van der Waals surface area contributed by atoms with E-state index in [0.717, 1.165) is 13.0 Å². The zero-order valence-corrected chi connectivity index (χ0v) is 18.1. The van der Waals surface area contributed by atoms with Crippen LogP contribution in [0.2, 0.25) is 0 Å². The fourth-order valence-corrected chi connectivity index (χ4v) is 5.97. The van der Waals surface area contributed by atoms with Crippen LogP contribution >= 0.6 is 34.4 Å². The van der Waals surface area contributed by atoms with Gasteiger partial charge in [-0.2, -0.15) is 0 Å². The van der Waals surface area contributed by atoms with Crippen LogP contribution in [0.1, 0.15) is 58.4 Å². The molecule has 0 aromatic heterocycles. The number of thioether (sulfide) groups is 1. The molecule has 1 aromatic carbocycles. The molecule has 0 unspecified atom stereocenters. The molecule has 2 fully saturated rings. The highest BCUT2D eigenvalue weighted by atomic mass is 127. The lowest BCUT2D eigenvalue weighted by Crippen LogP contribution is -2.33. The molecule has 1 aliphatic heterocycles. The Morgan fingerprint density at radius 1 is 1.29 bits per heavy atom. The van der Waals surface area contributed by atoms with Crippen molar-refractivity contribution in [1.82, 2.24) is 4.90 Å². The van der Waals surface area contributed by atoms with Gasteiger partial charge < -0.3 is 4.90 Å². The lowest BCUT2D eigenvalue weighted by atomic mass is 10.1. The lowest BCUT2D eigenvalue weighted by Gasteiger charge is -2.23. The average molecular weight is 456 g/mol. The Morgan fingerprint density at radius 2 is 2.04 bits per heavy atom. The number of amidine groups is 1. The third-order valence-electron chi connectivity index (χ3n) is 4.93. The van der Waals surface area contributed by atoms with Crippen molar-refractivity contribution >= 4 is 45.2 Å². The number of halogens is 1. The van der Waals surface area contributed by atoms with Crippen LogP contribution < -0.4 is 0 Å². The topological polar surface area (TPSA) is 15.6 Å². The minimum atomic E-state index is 0.446. The number of benzene rings is 1. The summed E-state index contributed by atoms with van der Waals surface area (Å²) in [6.45, 7) is 9.20. The van der Waals surface area contributed by atoms with E-state index in [2.05, 4.69) is 78.2 Å². The van der Waals surface area contributed by atoms with Gasteiger partial charge in [-0.3, -0.25) is 0 Å². The van der Waals surface area contributed by atoms with Crippen molar-refractivity contribution in [3.63, 3.8) is 0 Å². The minimum absolute atomic E-state index is 0.446. The van der Waals surface area contributed by atoms with E-state index in [9.17, 15) is 0 Å². The predicted octanol–water partition coefficient (Wildman–Crippen LogP) is 6.25. The molecule has 1 heterocycles. The van der Waals surface area contributed by atoms with Gasteiger partial charge in [-0.25, -0.2) is 4.99 Å². The molecule has 0 bridgehead atoms. The molecule has 1 saturated carbocycles. The van der Waals surface area contributed by atoms with Gasteiger partial charge in [-0.05, 0) is 71.5 Å². The van der Waals surface area contributed by atoms with Crippen LogP contribution in [0.5, 0.6) is 0 Å². The van der Waals surface area contributed by atoms with Gasteiger partial charge in [0.15, 0.2) is 5.17 Å². The van der Waals surface area contributed by atoms with Crippen LogP contribution in [-0.2, 0) is 6.42 Å². The zero-order chi connectivity index (χ0) is 17.2. The average Bonchev–Trinajstić information content (AvgIpc) is 3.09. The van der Waals surface area contributed by atoms with Gasteiger partial charge in [-0.1, -0.05) is 51.8 Å². The summed E-state index contributed by atoms with van der Waals surface area (Å²) in [5.74, 6) is 0.680. The molecule has 0 N–H and O–H groups in total. The Morgan fingerprint density at radius 3 is 2.71 bits per heavy atom. The molecule has 132 valence electrons. The van der Waals surface area contributed by atoms with Gasteiger partial charge in [0.1, 0.15) is 0 Å². The summed E-state index contributed by atoms with van der Waals surface area (Å²) in [6, 6.07) is 6.71. The molecule has 3 rings (SSSR count). The highest BCUT2D eigenvalue weighted by molar-refractivity contribution is 14.1. The standard InChI is InChI=1S/C20H29IN2S/c1-4-7-16-12-17(21)8-9-18(16)22-19-23(13-15(2)3)14-20(24-19)10-5-6-11-20/h8-9,12,15H,4-7,10-11,13-14H2,1-3H3/b22-19-. The quantitative estimate of drug-likeness (QED) is 0.487. The van der Waals surface area contributed by atoms with E-state index in [0.29, 0.717) is 10.7 Å². The van der Waals surface area contributed by atoms with Crippen LogP contribution in [0.4, 0.5) is 5.69 Å². The van der Waals surface area contributed by atoms with Gasteiger partial charge >= 0.3 is 0 Å². The van der Waals surface area contributed by atoms with Crippen LogP contribution in [0.3, 0.4) is 0 Å². The summed E-state index contributed by atoms with van der Waals surface area (Å²) in [5.41, 5.74) is 2.58. The van der Waals surface area contributed by atoms with Gasteiger partial charge in [0, 0.05) is 21.4 Å². The van der Waals surface area contributed by atoms with E-state index < -0.39 is 0 Å². The number of aliphatic imine (C=N–C) groups is 1. The Labute approximate surface area is 165 Å². The SMILES string of the molecule is CCCc1cc(I)ccc1/N=C1\SC2(CCCC2)CN1CC(C)C. The number of hydrogen-bond acceptors (Lipinski definition) is 2. The maximum atomic E-state index is 5.17. The van der Waals surface area contributed by atoms with E-state index in [1.54, 1.807) is 0 Å². The summed E-state index contributed by atoms with van der Waals surface area (Å²) in [4.78, 5) is 7.74. The van der Waals surface area contributed by atoms with Gasteiger partial charge in [0.2, 0.25) is 0 Å². The van der Waals surface area contributed by atoms with Gasteiger partial charge in [-0.15, -0.1) is 0 Å². The smallest absolute Gasteiger partial charge is 0.165 e. The molecule has 4 heteroatoms. The first kappa shape index (κ1) is 18.6. The summed E-state index contributed by atoms with van der Waals surface area (Å²) >= 11 is 4.48. The Bertz CT molecular complexity index is 606. The summed E-state index contributed by atoms with van der Waals surface area (Å²) in [7, 11) is 0. The van der Waals surface area contributed by atoms with E-state index in [1.165, 1.54) is 58.6 Å². The van der Waals surface area contributed by atoms with Crippen molar-refractivity contribution in [2.45, 2.75) is 64.0 Å². The first-order valence-corrected chi connectivity index (χ1v) is 11.2. The lowest BCUT2D eigenvalue weighted by molar-refractivity contribution is 0.346. The van der Waals surface area contributed by atoms with Crippen molar-refractivity contribution in [2.75, 3.05) is 13.1 Å². The molecular weight excluding hydrogens is 427 g/mol. The molecule has 2 aliphatic rings. The second kappa shape index (κ2) is 7.98. The van der Waals surface area contributed by atoms with Crippen molar-refractivity contribution < 1.29 is 0 Å². The highest BCUT2D eigenvalue weighted by Crippen LogP contribution is 2.48. The van der Waals surface area contributed by atoms with Crippen LogP contribution in [0, 0.1) is 9.49 Å². The second-order valence-electron chi connectivity index (χ2n) is 7.68. The first-order chi connectivity index (χ1) is 11.5. The van der Waals surface area contributed by atoms with Crippen molar-refractivity contribution in [1.29, 1.82) is 0 Å². The van der Waals surface area contributed by atoms with Crippen LogP contribution in [0.25, 0.3) is 0 Å². The molecule has 1 saturated heterocycles. The van der Waals surface area contributed by atoms with E-state index >= 15 is 0 Å². The fourth-order valence-electron chi connectivity index (χ4n) is 3.90. The number of hydrogen-bond donors (Lipinski definition) is 0. The summed E-state index contributed by atoms with van der Waals surface area (Å²) in [5, 5.41) is 1.27.